The Hall–Kier alpha value is -2.32. The van der Waals surface area contributed by atoms with Crippen LogP contribution in [0.2, 0.25) is 0 Å². The fourth-order valence-electron chi connectivity index (χ4n) is 3.43. The first-order valence-corrected chi connectivity index (χ1v) is 9.22. The molecule has 1 aromatic carbocycles. The van der Waals surface area contributed by atoms with Crippen molar-refractivity contribution in [3.8, 4) is 11.5 Å². The van der Waals surface area contributed by atoms with Crippen LogP contribution in [-0.2, 0) is 14.3 Å². The molecule has 1 atom stereocenters. The molecule has 1 unspecified atom stereocenters. The van der Waals surface area contributed by atoms with Crippen molar-refractivity contribution in [1.82, 2.24) is 10.2 Å². The third kappa shape index (κ3) is 4.70. The molecular formula is C19H27N3O5. The number of carbonyl (C=O) groups is 2. The maximum Gasteiger partial charge on any atom is 0.227 e. The smallest absolute Gasteiger partial charge is 0.227 e. The lowest BCUT2D eigenvalue weighted by molar-refractivity contribution is -0.126. The van der Waals surface area contributed by atoms with Gasteiger partial charge in [0.15, 0.2) is 0 Å². The van der Waals surface area contributed by atoms with Crippen LogP contribution in [0.1, 0.15) is 6.42 Å². The number of nitrogens with one attached hydrogen (secondary N) is 1. The molecule has 0 radical (unpaired) electrons. The Morgan fingerprint density at radius 2 is 2.04 bits per heavy atom. The van der Waals surface area contributed by atoms with Crippen molar-refractivity contribution in [2.45, 2.75) is 6.42 Å². The summed E-state index contributed by atoms with van der Waals surface area (Å²) >= 11 is 0. The summed E-state index contributed by atoms with van der Waals surface area (Å²) in [5, 5.41) is 2.96. The summed E-state index contributed by atoms with van der Waals surface area (Å²) < 4.78 is 15.9. The average Bonchev–Trinajstić information content (AvgIpc) is 3.09. The molecule has 2 saturated heterocycles. The van der Waals surface area contributed by atoms with Gasteiger partial charge in [-0.2, -0.15) is 0 Å². The van der Waals surface area contributed by atoms with Crippen molar-refractivity contribution in [3.63, 3.8) is 0 Å². The van der Waals surface area contributed by atoms with Gasteiger partial charge in [0.1, 0.15) is 11.5 Å². The molecule has 8 heteroatoms. The van der Waals surface area contributed by atoms with E-state index in [-0.39, 0.29) is 24.2 Å². The number of nitrogens with zero attached hydrogens (tertiary/aromatic N) is 2. The molecule has 0 aromatic heterocycles. The third-order valence-corrected chi connectivity index (χ3v) is 5.00. The lowest BCUT2D eigenvalue weighted by Gasteiger charge is -2.26. The van der Waals surface area contributed by atoms with E-state index in [1.165, 1.54) is 0 Å². The van der Waals surface area contributed by atoms with Crippen LogP contribution < -0.4 is 19.7 Å². The van der Waals surface area contributed by atoms with Gasteiger partial charge in [0.05, 0.1) is 39.0 Å². The first-order chi connectivity index (χ1) is 13.1. The predicted octanol–water partition coefficient (Wildman–Crippen LogP) is 0.505. The zero-order valence-corrected chi connectivity index (χ0v) is 15.9. The first-order valence-electron chi connectivity index (χ1n) is 9.22. The van der Waals surface area contributed by atoms with Crippen molar-refractivity contribution < 1.29 is 23.8 Å². The molecule has 0 bridgehead atoms. The predicted molar refractivity (Wildman–Crippen MR) is 100 cm³/mol. The van der Waals surface area contributed by atoms with Gasteiger partial charge in [0, 0.05) is 45.2 Å². The van der Waals surface area contributed by atoms with E-state index in [4.69, 9.17) is 14.2 Å². The van der Waals surface area contributed by atoms with Gasteiger partial charge in [-0.3, -0.25) is 14.5 Å². The molecule has 2 aliphatic heterocycles. The Labute approximate surface area is 159 Å². The van der Waals surface area contributed by atoms with Crippen molar-refractivity contribution in [2.24, 2.45) is 5.92 Å². The maximum atomic E-state index is 12.5. The van der Waals surface area contributed by atoms with Gasteiger partial charge in [-0.1, -0.05) is 0 Å². The zero-order chi connectivity index (χ0) is 19.2. The molecule has 2 aliphatic rings. The minimum atomic E-state index is -0.363. The number of hydrogen-bond donors (Lipinski definition) is 1. The molecule has 148 valence electrons. The normalized spacial score (nSPS) is 20.6. The minimum absolute atomic E-state index is 0.0824. The summed E-state index contributed by atoms with van der Waals surface area (Å²) in [7, 11) is 3.13. The van der Waals surface area contributed by atoms with Gasteiger partial charge in [0.2, 0.25) is 11.8 Å². The van der Waals surface area contributed by atoms with E-state index in [9.17, 15) is 9.59 Å². The number of ether oxygens (including phenoxy) is 3. The molecule has 0 aliphatic carbocycles. The van der Waals surface area contributed by atoms with Gasteiger partial charge < -0.3 is 24.4 Å². The fourth-order valence-corrected chi connectivity index (χ4v) is 3.43. The van der Waals surface area contributed by atoms with Gasteiger partial charge >= 0.3 is 0 Å². The summed E-state index contributed by atoms with van der Waals surface area (Å²) in [6.45, 7) is 4.97. The summed E-state index contributed by atoms with van der Waals surface area (Å²) in [5.74, 6) is 0.684. The van der Waals surface area contributed by atoms with Crippen LogP contribution in [-0.4, -0.2) is 76.9 Å². The Morgan fingerprint density at radius 1 is 1.26 bits per heavy atom. The SMILES string of the molecule is COc1ccc(OC)c(N2CC(C(=O)NCCN3CCOCC3)CC2=O)c1. The van der Waals surface area contributed by atoms with Crippen LogP contribution in [0, 0.1) is 5.92 Å². The molecule has 2 heterocycles. The van der Waals surface area contributed by atoms with Gasteiger partial charge in [-0.05, 0) is 12.1 Å². The van der Waals surface area contributed by atoms with Crippen LogP contribution in [0.15, 0.2) is 18.2 Å². The largest absolute Gasteiger partial charge is 0.497 e. The topological polar surface area (TPSA) is 80.3 Å². The number of benzene rings is 1. The Balaban J connectivity index is 1.57. The molecule has 2 amide bonds. The highest BCUT2D eigenvalue weighted by molar-refractivity contribution is 6.01. The maximum absolute atomic E-state index is 12.5. The number of rotatable bonds is 7. The molecule has 8 nitrogen and oxygen atoms in total. The lowest BCUT2D eigenvalue weighted by Crippen LogP contribution is -2.42. The van der Waals surface area contributed by atoms with Crippen LogP contribution in [0.4, 0.5) is 5.69 Å². The number of morpholine rings is 1. The van der Waals surface area contributed by atoms with E-state index in [1.54, 1.807) is 37.3 Å². The van der Waals surface area contributed by atoms with Crippen molar-refractivity contribution >= 4 is 17.5 Å². The van der Waals surface area contributed by atoms with Crippen LogP contribution >= 0.6 is 0 Å². The highest BCUT2D eigenvalue weighted by atomic mass is 16.5. The van der Waals surface area contributed by atoms with Crippen LogP contribution in [0.5, 0.6) is 11.5 Å². The molecule has 0 spiro atoms. The van der Waals surface area contributed by atoms with E-state index >= 15 is 0 Å². The molecular weight excluding hydrogens is 350 g/mol. The quantitative estimate of drug-likeness (QED) is 0.746. The number of amides is 2. The second-order valence-corrected chi connectivity index (χ2v) is 6.69. The standard InChI is InChI=1S/C19H27N3O5/c1-25-15-3-4-17(26-2)16(12-15)22-13-14(11-18(22)23)19(24)20-5-6-21-7-9-27-10-8-21/h3-4,12,14H,5-11,13H2,1-2H3,(H,20,24). The monoisotopic (exact) mass is 377 g/mol. The highest BCUT2D eigenvalue weighted by Crippen LogP contribution is 2.36. The zero-order valence-electron chi connectivity index (χ0n) is 15.9. The number of methoxy groups -OCH3 is 2. The molecule has 0 saturated carbocycles. The molecule has 27 heavy (non-hydrogen) atoms. The summed E-state index contributed by atoms with van der Waals surface area (Å²) in [4.78, 5) is 28.9. The van der Waals surface area contributed by atoms with E-state index in [0.29, 0.717) is 30.3 Å². The lowest BCUT2D eigenvalue weighted by atomic mass is 10.1. The van der Waals surface area contributed by atoms with E-state index in [2.05, 4.69) is 10.2 Å². The van der Waals surface area contributed by atoms with Gasteiger partial charge in [0.25, 0.3) is 0 Å². The van der Waals surface area contributed by atoms with Crippen molar-refractivity contribution in [2.75, 3.05) is 65.1 Å². The molecule has 1 aromatic rings. The second-order valence-electron chi connectivity index (χ2n) is 6.69. The van der Waals surface area contributed by atoms with Gasteiger partial charge in [-0.15, -0.1) is 0 Å². The Morgan fingerprint density at radius 3 is 2.74 bits per heavy atom. The number of anilines is 1. The van der Waals surface area contributed by atoms with Crippen LogP contribution in [0.3, 0.4) is 0 Å². The van der Waals surface area contributed by atoms with Crippen molar-refractivity contribution in [3.05, 3.63) is 18.2 Å². The molecule has 3 rings (SSSR count). The Bertz CT molecular complexity index is 675. The van der Waals surface area contributed by atoms with Crippen molar-refractivity contribution in [1.29, 1.82) is 0 Å². The number of hydrogen-bond acceptors (Lipinski definition) is 6. The van der Waals surface area contributed by atoms with E-state index in [1.807, 2.05) is 0 Å². The van der Waals surface area contributed by atoms with Crippen LogP contribution in [0.25, 0.3) is 0 Å². The van der Waals surface area contributed by atoms with E-state index < -0.39 is 0 Å². The summed E-state index contributed by atoms with van der Waals surface area (Å²) in [6, 6.07) is 5.30. The third-order valence-electron chi connectivity index (χ3n) is 5.00. The first kappa shape index (κ1) is 19.4. The Kier molecular flexibility index (Phi) is 6.52. The highest BCUT2D eigenvalue weighted by Gasteiger charge is 2.36. The summed E-state index contributed by atoms with van der Waals surface area (Å²) in [5.41, 5.74) is 0.630. The fraction of sp³-hybridized carbons (Fsp3) is 0.579. The molecule has 1 N–H and O–H groups in total. The second kappa shape index (κ2) is 9.05. The minimum Gasteiger partial charge on any atom is -0.497 e. The van der Waals surface area contributed by atoms with E-state index in [0.717, 1.165) is 32.8 Å². The van der Waals surface area contributed by atoms with Gasteiger partial charge in [-0.25, -0.2) is 0 Å². The number of carbonyl (C=O) groups excluding carboxylic acids is 2. The average molecular weight is 377 g/mol. The summed E-state index contributed by atoms with van der Waals surface area (Å²) in [6.07, 6.45) is 0.198. The molecule has 2 fully saturated rings.